The number of anilines is 1. The van der Waals surface area contributed by atoms with Crippen LogP contribution in [0.5, 0.6) is 0 Å². The van der Waals surface area contributed by atoms with Crippen molar-refractivity contribution in [3.8, 4) is 0 Å². The molecule has 3 heteroatoms. The molecule has 1 saturated heterocycles. The Balaban J connectivity index is 1.88. The van der Waals surface area contributed by atoms with Gasteiger partial charge in [0, 0.05) is 43.7 Å². The van der Waals surface area contributed by atoms with E-state index in [1.165, 1.54) is 30.9 Å². The van der Waals surface area contributed by atoms with Crippen molar-refractivity contribution < 1.29 is 0 Å². The molecule has 1 aliphatic heterocycles. The lowest BCUT2D eigenvalue weighted by atomic mass is 9.81. The van der Waals surface area contributed by atoms with Crippen LogP contribution in [0.4, 0.5) is 5.69 Å². The maximum Gasteiger partial charge on any atom is 0.0369 e. The molecule has 0 radical (unpaired) electrons. The summed E-state index contributed by atoms with van der Waals surface area (Å²) in [7, 11) is 0. The molecule has 0 bridgehead atoms. The summed E-state index contributed by atoms with van der Waals surface area (Å²) in [5.74, 6) is 0.711. The molecule has 21 heavy (non-hydrogen) atoms. The van der Waals surface area contributed by atoms with Gasteiger partial charge in [-0.1, -0.05) is 48.8 Å². The summed E-state index contributed by atoms with van der Waals surface area (Å²) in [6.45, 7) is 15.1. The fourth-order valence-electron chi connectivity index (χ4n) is 2.88. The molecule has 1 aliphatic rings. The van der Waals surface area contributed by atoms with Crippen molar-refractivity contribution >= 4 is 21.6 Å². The highest BCUT2D eigenvalue weighted by Gasteiger charge is 2.27. The molecule has 0 aromatic heterocycles. The zero-order valence-electron chi connectivity index (χ0n) is 13.9. The van der Waals surface area contributed by atoms with Crippen LogP contribution >= 0.6 is 15.9 Å². The van der Waals surface area contributed by atoms with E-state index in [0.717, 1.165) is 18.4 Å². The molecule has 1 aromatic carbocycles. The molecule has 1 unspecified atom stereocenters. The van der Waals surface area contributed by atoms with Gasteiger partial charge in [0.05, 0.1) is 0 Å². The Labute approximate surface area is 138 Å². The summed E-state index contributed by atoms with van der Waals surface area (Å²) in [6, 6.07) is 8.87. The third-order valence-corrected chi connectivity index (χ3v) is 5.41. The van der Waals surface area contributed by atoms with E-state index < -0.39 is 0 Å². The highest BCUT2D eigenvalue weighted by Crippen LogP contribution is 2.29. The Kier molecular flexibility index (Phi) is 5.73. The minimum Gasteiger partial charge on any atom is -0.369 e. The zero-order valence-corrected chi connectivity index (χ0v) is 15.5. The number of hydrogen-bond acceptors (Lipinski definition) is 2. The first-order valence-electron chi connectivity index (χ1n) is 8.00. The van der Waals surface area contributed by atoms with Gasteiger partial charge in [0.1, 0.15) is 0 Å². The van der Waals surface area contributed by atoms with Crippen LogP contribution in [-0.4, -0.2) is 43.0 Å². The van der Waals surface area contributed by atoms with E-state index in [0.29, 0.717) is 11.3 Å². The Morgan fingerprint density at radius 2 is 1.81 bits per heavy atom. The summed E-state index contributed by atoms with van der Waals surface area (Å²) < 4.78 is 0. The number of rotatable bonds is 4. The molecule has 0 amide bonds. The molecule has 0 N–H and O–H groups in total. The van der Waals surface area contributed by atoms with Gasteiger partial charge in [0.15, 0.2) is 0 Å². The van der Waals surface area contributed by atoms with Gasteiger partial charge in [-0.15, -0.1) is 0 Å². The van der Waals surface area contributed by atoms with E-state index in [1.54, 1.807) is 0 Å². The highest BCUT2D eigenvalue weighted by atomic mass is 79.9. The van der Waals surface area contributed by atoms with Crippen LogP contribution < -0.4 is 4.90 Å². The third kappa shape index (κ3) is 4.72. The molecule has 0 saturated carbocycles. The van der Waals surface area contributed by atoms with E-state index in [1.807, 2.05) is 0 Å². The molecular weight excluding hydrogens is 324 g/mol. The van der Waals surface area contributed by atoms with Crippen molar-refractivity contribution in [2.45, 2.75) is 27.7 Å². The van der Waals surface area contributed by atoms with Crippen molar-refractivity contribution in [2.24, 2.45) is 11.3 Å². The van der Waals surface area contributed by atoms with E-state index in [-0.39, 0.29) is 0 Å². The van der Waals surface area contributed by atoms with Crippen molar-refractivity contribution in [1.29, 1.82) is 0 Å². The first-order valence-corrected chi connectivity index (χ1v) is 9.12. The van der Waals surface area contributed by atoms with Crippen LogP contribution in [0, 0.1) is 18.3 Å². The van der Waals surface area contributed by atoms with Gasteiger partial charge in [-0.05, 0) is 36.0 Å². The number of alkyl halides is 1. The second-order valence-corrected chi connectivity index (χ2v) is 7.99. The fourth-order valence-corrected chi connectivity index (χ4v) is 4.06. The predicted molar refractivity (Wildman–Crippen MR) is 96.6 cm³/mol. The van der Waals surface area contributed by atoms with E-state index in [2.05, 4.69) is 77.7 Å². The molecule has 1 heterocycles. The van der Waals surface area contributed by atoms with Crippen molar-refractivity contribution in [2.75, 3.05) is 43.0 Å². The molecule has 0 aliphatic carbocycles. The van der Waals surface area contributed by atoms with Crippen LogP contribution in [0.15, 0.2) is 24.3 Å². The van der Waals surface area contributed by atoms with Crippen LogP contribution in [0.25, 0.3) is 0 Å². The number of piperazine rings is 1. The largest absolute Gasteiger partial charge is 0.369 e. The van der Waals surface area contributed by atoms with Gasteiger partial charge in [-0.25, -0.2) is 0 Å². The Morgan fingerprint density at radius 3 is 2.33 bits per heavy atom. The first kappa shape index (κ1) is 16.8. The summed E-state index contributed by atoms with van der Waals surface area (Å²) in [4.78, 5) is 5.15. The smallest absolute Gasteiger partial charge is 0.0369 e. The second kappa shape index (κ2) is 7.15. The molecule has 0 spiro atoms. The van der Waals surface area contributed by atoms with Crippen molar-refractivity contribution in [1.82, 2.24) is 4.90 Å². The summed E-state index contributed by atoms with van der Waals surface area (Å²) >= 11 is 3.70. The SMILES string of the molecule is Cc1cccc(N2CCN(CC(CBr)C(C)(C)C)CC2)c1. The first-order chi connectivity index (χ1) is 9.90. The minimum absolute atomic E-state index is 0.372. The monoisotopic (exact) mass is 352 g/mol. The quantitative estimate of drug-likeness (QED) is 0.750. The minimum atomic E-state index is 0.372. The zero-order chi connectivity index (χ0) is 15.5. The average molecular weight is 353 g/mol. The number of benzene rings is 1. The third-order valence-electron chi connectivity index (χ3n) is 4.63. The van der Waals surface area contributed by atoms with Gasteiger partial charge >= 0.3 is 0 Å². The predicted octanol–water partition coefficient (Wildman–Crippen LogP) is 4.17. The summed E-state index contributed by atoms with van der Waals surface area (Å²) in [5, 5.41) is 1.09. The topological polar surface area (TPSA) is 6.48 Å². The molecule has 1 atom stereocenters. The lowest BCUT2D eigenvalue weighted by Crippen LogP contribution is -2.49. The summed E-state index contributed by atoms with van der Waals surface area (Å²) in [5.41, 5.74) is 3.10. The Morgan fingerprint density at radius 1 is 1.14 bits per heavy atom. The average Bonchev–Trinajstić information content (AvgIpc) is 2.44. The lowest BCUT2D eigenvalue weighted by molar-refractivity contribution is 0.159. The van der Waals surface area contributed by atoms with Gasteiger partial charge in [-0.3, -0.25) is 4.90 Å². The second-order valence-electron chi connectivity index (χ2n) is 7.34. The van der Waals surface area contributed by atoms with Crippen LogP contribution in [-0.2, 0) is 0 Å². The number of hydrogen-bond donors (Lipinski definition) is 0. The molecule has 118 valence electrons. The molecule has 1 aromatic rings. The van der Waals surface area contributed by atoms with Gasteiger partial charge in [0.25, 0.3) is 0 Å². The van der Waals surface area contributed by atoms with Crippen LogP contribution in [0.2, 0.25) is 0 Å². The molecular formula is C18H29BrN2. The van der Waals surface area contributed by atoms with Crippen LogP contribution in [0.1, 0.15) is 26.3 Å². The number of aryl methyl sites for hydroxylation is 1. The number of halogens is 1. The van der Waals surface area contributed by atoms with Crippen molar-refractivity contribution in [3.63, 3.8) is 0 Å². The van der Waals surface area contributed by atoms with Crippen molar-refractivity contribution in [3.05, 3.63) is 29.8 Å². The molecule has 1 fully saturated rings. The number of nitrogens with zero attached hydrogens (tertiary/aromatic N) is 2. The van der Waals surface area contributed by atoms with Gasteiger partial charge in [-0.2, -0.15) is 0 Å². The fraction of sp³-hybridized carbons (Fsp3) is 0.667. The van der Waals surface area contributed by atoms with Crippen LogP contribution in [0.3, 0.4) is 0 Å². The Hall–Kier alpha value is -0.540. The normalized spacial score (nSPS) is 18.8. The Bertz CT molecular complexity index is 445. The van der Waals surface area contributed by atoms with E-state index in [4.69, 9.17) is 0 Å². The lowest BCUT2D eigenvalue weighted by Gasteiger charge is -2.40. The van der Waals surface area contributed by atoms with Gasteiger partial charge in [0.2, 0.25) is 0 Å². The van der Waals surface area contributed by atoms with E-state index >= 15 is 0 Å². The molecule has 2 rings (SSSR count). The highest BCUT2D eigenvalue weighted by molar-refractivity contribution is 9.09. The van der Waals surface area contributed by atoms with Gasteiger partial charge < -0.3 is 4.90 Å². The molecule has 2 nitrogen and oxygen atoms in total. The summed E-state index contributed by atoms with van der Waals surface area (Å²) in [6.07, 6.45) is 0. The standard InChI is InChI=1S/C18H29BrN2/c1-15-6-5-7-17(12-15)21-10-8-20(9-11-21)14-16(13-19)18(2,3)4/h5-7,12,16H,8-11,13-14H2,1-4H3. The maximum atomic E-state index is 3.70. The van der Waals surface area contributed by atoms with E-state index in [9.17, 15) is 0 Å². The maximum absolute atomic E-state index is 3.70.